The number of nitrogens with one attached hydrogen (secondary N) is 1. The van der Waals surface area contributed by atoms with E-state index in [-0.39, 0.29) is 0 Å². The number of hydrogen-bond donors (Lipinski definition) is 1. The van der Waals surface area contributed by atoms with Gasteiger partial charge in [0.1, 0.15) is 6.61 Å². The van der Waals surface area contributed by atoms with Crippen LogP contribution >= 0.6 is 11.3 Å². The van der Waals surface area contributed by atoms with E-state index in [0.29, 0.717) is 19.3 Å². The molecule has 0 aliphatic carbocycles. The zero-order chi connectivity index (χ0) is 15.1. The molecule has 1 aromatic heterocycles. The summed E-state index contributed by atoms with van der Waals surface area (Å²) in [5.41, 5.74) is 1.20. The van der Waals surface area contributed by atoms with Gasteiger partial charge in [-0.15, -0.1) is 11.3 Å². The van der Waals surface area contributed by atoms with Gasteiger partial charge in [0.15, 0.2) is 11.5 Å². The molecule has 0 atom stereocenters. The van der Waals surface area contributed by atoms with Gasteiger partial charge in [-0.2, -0.15) is 0 Å². The van der Waals surface area contributed by atoms with Crippen molar-refractivity contribution in [2.45, 2.75) is 40.0 Å². The van der Waals surface area contributed by atoms with Crippen molar-refractivity contribution < 1.29 is 9.47 Å². The molecule has 0 saturated heterocycles. The summed E-state index contributed by atoms with van der Waals surface area (Å²) >= 11 is 1.70. The number of ether oxygens (including phenoxy) is 2. The average Bonchev–Trinajstić information content (AvgIpc) is 2.97. The van der Waals surface area contributed by atoms with E-state index < -0.39 is 0 Å². The largest absolute Gasteiger partial charge is 0.490 e. The van der Waals surface area contributed by atoms with Crippen molar-refractivity contribution in [1.29, 1.82) is 0 Å². The third-order valence-electron chi connectivity index (χ3n) is 2.97. The number of thiophene rings is 1. The van der Waals surface area contributed by atoms with Crippen molar-refractivity contribution in [2.24, 2.45) is 0 Å². The minimum atomic E-state index is 0.468. The smallest absolute Gasteiger partial charge is 0.161 e. The maximum absolute atomic E-state index is 5.88. The molecule has 0 radical (unpaired) electrons. The molecule has 0 aliphatic rings. The molecular weight excluding hydrogens is 282 g/mol. The fourth-order valence-corrected chi connectivity index (χ4v) is 2.53. The standard InChI is InChI=1S/C17H23NO2S/c1-4-19-17-10-14(11-18-13(2)3)7-8-16(17)20-12-15-6-5-9-21-15/h5-10,13,18H,4,11-12H2,1-3H3. The molecule has 0 saturated carbocycles. The minimum absolute atomic E-state index is 0.468. The summed E-state index contributed by atoms with van der Waals surface area (Å²) < 4.78 is 11.6. The zero-order valence-corrected chi connectivity index (χ0v) is 13.7. The van der Waals surface area contributed by atoms with Crippen LogP contribution in [0.25, 0.3) is 0 Å². The van der Waals surface area contributed by atoms with Crippen LogP contribution in [0, 0.1) is 0 Å². The van der Waals surface area contributed by atoms with E-state index in [2.05, 4.69) is 42.7 Å². The van der Waals surface area contributed by atoms with Gasteiger partial charge in [-0.05, 0) is 36.1 Å². The Morgan fingerprint density at radius 1 is 1.14 bits per heavy atom. The van der Waals surface area contributed by atoms with Crippen LogP contribution in [0.3, 0.4) is 0 Å². The van der Waals surface area contributed by atoms with Crippen LogP contribution in [-0.2, 0) is 13.2 Å². The first-order valence-corrected chi connectivity index (χ1v) is 8.21. The number of rotatable bonds is 8. The van der Waals surface area contributed by atoms with Crippen LogP contribution < -0.4 is 14.8 Å². The molecular formula is C17H23NO2S. The van der Waals surface area contributed by atoms with E-state index >= 15 is 0 Å². The molecule has 2 rings (SSSR count). The van der Waals surface area contributed by atoms with Crippen molar-refractivity contribution >= 4 is 11.3 Å². The van der Waals surface area contributed by atoms with E-state index in [1.807, 2.05) is 19.1 Å². The van der Waals surface area contributed by atoms with Crippen molar-refractivity contribution in [3.05, 3.63) is 46.2 Å². The summed E-state index contributed by atoms with van der Waals surface area (Å²) in [6, 6.07) is 10.7. The lowest BCUT2D eigenvalue weighted by atomic mass is 10.2. The normalized spacial score (nSPS) is 10.9. The SMILES string of the molecule is CCOc1cc(CNC(C)C)ccc1OCc1cccs1. The Balaban J connectivity index is 2.04. The van der Waals surface area contributed by atoms with Gasteiger partial charge >= 0.3 is 0 Å². The van der Waals surface area contributed by atoms with E-state index in [0.717, 1.165) is 18.0 Å². The van der Waals surface area contributed by atoms with Gasteiger partial charge in [-0.25, -0.2) is 0 Å². The summed E-state index contributed by atoms with van der Waals surface area (Å²) in [6.45, 7) is 8.33. The second-order valence-corrected chi connectivity index (χ2v) is 6.15. The Hall–Kier alpha value is -1.52. The Kier molecular flexibility index (Phi) is 6.08. The van der Waals surface area contributed by atoms with Gasteiger partial charge in [-0.3, -0.25) is 0 Å². The monoisotopic (exact) mass is 305 g/mol. The third-order valence-corrected chi connectivity index (χ3v) is 3.82. The Bertz CT molecular complexity index is 538. The molecule has 0 spiro atoms. The van der Waals surface area contributed by atoms with Crippen LogP contribution in [0.5, 0.6) is 11.5 Å². The first kappa shape index (κ1) is 15.9. The molecule has 3 nitrogen and oxygen atoms in total. The molecule has 1 heterocycles. The molecule has 0 fully saturated rings. The van der Waals surface area contributed by atoms with Gasteiger partial charge < -0.3 is 14.8 Å². The summed E-state index contributed by atoms with van der Waals surface area (Å²) in [5, 5.41) is 5.47. The second kappa shape index (κ2) is 8.05. The highest BCUT2D eigenvalue weighted by atomic mass is 32.1. The van der Waals surface area contributed by atoms with E-state index in [9.17, 15) is 0 Å². The lowest BCUT2D eigenvalue weighted by molar-refractivity contribution is 0.271. The Morgan fingerprint density at radius 2 is 2.00 bits per heavy atom. The fraction of sp³-hybridized carbons (Fsp3) is 0.412. The zero-order valence-electron chi connectivity index (χ0n) is 12.9. The van der Waals surface area contributed by atoms with Crippen molar-refractivity contribution in [3.8, 4) is 11.5 Å². The van der Waals surface area contributed by atoms with E-state index in [1.54, 1.807) is 11.3 Å². The highest BCUT2D eigenvalue weighted by molar-refractivity contribution is 7.09. The predicted molar refractivity (Wildman–Crippen MR) is 88.2 cm³/mol. The second-order valence-electron chi connectivity index (χ2n) is 5.12. The summed E-state index contributed by atoms with van der Waals surface area (Å²) in [6.07, 6.45) is 0. The van der Waals surface area contributed by atoms with Crippen LogP contribution in [0.4, 0.5) is 0 Å². The van der Waals surface area contributed by atoms with Crippen LogP contribution in [0.15, 0.2) is 35.7 Å². The molecule has 0 unspecified atom stereocenters. The van der Waals surface area contributed by atoms with Gasteiger partial charge in [0, 0.05) is 17.5 Å². The molecule has 0 aliphatic heterocycles. The number of hydrogen-bond acceptors (Lipinski definition) is 4. The lowest BCUT2D eigenvalue weighted by Gasteiger charge is -2.14. The van der Waals surface area contributed by atoms with Crippen LogP contribution in [-0.4, -0.2) is 12.6 Å². The van der Waals surface area contributed by atoms with Gasteiger partial charge in [0.25, 0.3) is 0 Å². The molecule has 1 aromatic carbocycles. The Morgan fingerprint density at radius 3 is 2.67 bits per heavy atom. The molecule has 0 amide bonds. The molecule has 21 heavy (non-hydrogen) atoms. The van der Waals surface area contributed by atoms with Crippen molar-refractivity contribution in [1.82, 2.24) is 5.32 Å². The highest BCUT2D eigenvalue weighted by Gasteiger charge is 2.07. The van der Waals surface area contributed by atoms with Gasteiger partial charge in [0.05, 0.1) is 6.61 Å². The maximum Gasteiger partial charge on any atom is 0.161 e. The lowest BCUT2D eigenvalue weighted by Crippen LogP contribution is -2.21. The average molecular weight is 305 g/mol. The summed E-state index contributed by atoms with van der Waals surface area (Å²) in [4.78, 5) is 1.21. The third kappa shape index (κ3) is 5.06. The first-order chi connectivity index (χ1) is 10.2. The van der Waals surface area contributed by atoms with E-state index in [1.165, 1.54) is 10.4 Å². The van der Waals surface area contributed by atoms with Crippen LogP contribution in [0.1, 0.15) is 31.2 Å². The molecule has 4 heteroatoms. The highest BCUT2D eigenvalue weighted by Crippen LogP contribution is 2.29. The molecule has 2 aromatic rings. The Labute approximate surface area is 130 Å². The maximum atomic E-state index is 5.88. The quantitative estimate of drug-likeness (QED) is 0.792. The first-order valence-electron chi connectivity index (χ1n) is 7.33. The summed E-state index contributed by atoms with van der Waals surface area (Å²) in [7, 11) is 0. The van der Waals surface area contributed by atoms with Gasteiger partial charge in [-0.1, -0.05) is 26.0 Å². The van der Waals surface area contributed by atoms with E-state index in [4.69, 9.17) is 9.47 Å². The van der Waals surface area contributed by atoms with Crippen molar-refractivity contribution in [3.63, 3.8) is 0 Å². The summed E-state index contributed by atoms with van der Waals surface area (Å²) in [5.74, 6) is 1.62. The van der Waals surface area contributed by atoms with Gasteiger partial charge in [0.2, 0.25) is 0 Å². The predicted octanol–water partition coefficient (Wildman–Crippen LogP) is 4.22. The molecule has 0 bridgehead atoms. The fourth-order valence-electron chi connectivity index (χ4n) is 1.92. The molecule has 114 valence electrons. The van der Waals surface area contributed by atoms with Crippen LogP contribution in [0.2, 0.25) is 0 Å². The molecule has 1 N–H and O–H groups in total. The minimum Gasteiger partial charge on any atom is -0.490 e. The topological polar surface area (TPSA) is 30.5 Å². The van der Waals surface area contributed by atoms with Crippen molar-refractivity contribution in [2.75, 3.05) is 6.61 Å². The number of benzene rings is 1.